The normalized spacial score (nSPS) is 16.1. The first kappa shape index (κ1) is 10.6. The molecule has 0 fully saturated rings. The highest BCUT2D eigenvalue weighted by atomic mass is 15.3. The van der Waals surface area contributed by atoms with E-state index in [0.29, 0.717) is 0 Å². The summed E-state index contributed by atoms with van der Waals surface area (Å²) in [4.78, 5) is 0. The molecule has 0 amide bonds. The lowest BCUT2D eigenvalue weighted by molar-refractivity contribution is 0.592. The zero-order valence-electron chi connectivity index (χ0n) is 9.50. The molecule has 0 unspecified atom stereocenters. The van der Waals surface area contributed by atoms with Crippen LogP contribution in [0, 0.1) is 0 Å². The van der Waals surface area contributed by atoms with Crippen molar-refractivity contribution in [3.05, 3.63) is 11.6 Å². The highest BCUT2D eigenvalue weighted by Gasteiger charge is 2.13. The van der Waals surface area contributed by atoms with Gasteiger partial charge in [-0.25, -0.2) is 0 Å². The molecule has 1 aliphatic rings. The van der Waals surface area contributed by atoms with Crippen LogP contribution >= 0.6 is 0 Å². The first-order valence-corrected chi connectivity index (χ1v) is 6.03. The third kappa shape index (κ3) is 2.56. The molecule has 1 aromatic rings. The van der Waals surface area contributed by atoms with Crippen LogP contribution in [0.3, 0.4) is 0 Å². The number of aryl methyl sites for hydroxylation is 1. The van der Waals surface area contributed by atoms with Crippen molar-refractivity contribution < 1.29 is 0 Å². The molecule has 2 heterocycles. The number of likely N-dealkylation sites (N-methyl/N-ethyl adjacent to an activating group) is 1. The minimum Gasteiger partial charge on any atom is -0.317 e. The zero-order valence-corrected chi connectivity index (χ0v) is 9.50. The van der Waals surface area contributed by atoms with Crippen molar-refractivity contribution in [3.63, 3.8) is 0 Å². The van der Waals surface area contributed by atoms with Crippen LogP contribution in [0.15, 0.2) is 0 Å². The maximum Gasteiger partial charge on any atom is 0.134 e. The molecule has 4 nitrogen and oxygen atoms in total. The molecule has 15 heavy (non-hydrogen) atoms. The summed E-state index contributed by atoms with van der Waals surface area (Å²) in [6.45, 7) is 5.28. The predicted molar refractivity (Wildman–Crippen MR) is 59.8 cm³/mol. The van der Waals surface area contributed by atoms with E-state index in [9.17, 15) is 0 Å². The van der Waals surface area contributed by atoms with Crippen molar-refractivity contribution >= 4 is 0 Å². The summed E-state index contributed by atoms with van der Waals surface area (Å²) in [5, 5.41) is 11.9. The van der Waals surface area contributed by atoms with Gasteiger partial charge in [-0.15, -0.1) is 10.2 Å². The van der Waals surface area contributed by atoms with Crippen molar-refractivity contribution in [1.29, 1.82) is 0 Å². The molecule has 1 aromatic heterocycles. The molecule has 2 rings (SSSR count). The Morgan fingerprint density at radius 3 is 3.07 bits per heavy atom. The van der Waals surface area contributed by atoms with Crippen molar-refractivity contribution in [2.24, 2.45) is 0 Å². The maximum atomic E-state index is 4.28. The van der Waals surface area contributed by atoms with E-state index in [-0.39, 0.29) is 0 Å². The standard InChI is InChI=1S/C11H20N4/c1-2-12-8-7-11-14-13-10-6-4-3-5-9-15(10)11/h12H,2-9H2,1H3. The van der Waals surface area contributed by atoms with Crippen LogP contribution in [0.1, 0.15) is 37.8 Å². The van der Waals surface area contributed by atoms with Crippen LogP contribution in [-0.4, -0.2) is 27.9 Å². The van der Waals surface area contributed by atoms with Gasteiger partial charge in [-0.2, -0.15) is 0 Å². The number of hydrogen-bond donors (Lipinski definition) is 1. The second-order valence-corrected chi connectivity index (χ2v) is 4.10. The number of nitrogens with zero attached hydrogens (tertiary/aromatic N) is 3. The molecule has 1 aliphatic heterocycles. The van der Waals surface area contributed by atoms with Gasteiger partial charge >= 0.3 is 0 Å². The predicted octanol–water partition coefficient (Wildman–Crippen LogP) is 1.16. The Hall–Kier alpha value is -0.900. The van der Waals surface area contributed by atoms with Gasteiger partial charge < -0.3 is 9.88 Å². The lowest BCUT2D eigenvalue weighted by Gasteiger charge is -2.06. The summed E-state index contributed by atoms with van der Waals surface area (Å²) >= 11 is 0. The third-order valence-electron chi connectivity index (χ3n) is 2.96. The molecule has 0 aliphatic carbocycles. The number of hydrogen-bond acceptors (Lipinski definition) is 3. The quantitative estimate of drug-likeness (QED) is 0.755. The van der Waals surface area contributed by atoms with Gasteiger partial charge in [0.1, 0.15) is 11.6 Å². The van der Waals surface area contributed by atoms with Gasteiger partial charge in [-0.05, 0) is 19.4 Å². The molecule has 1 N–H and O–H groups in total. The van der Waals surface area contributed by atoms with Crippen LogP contribution in [-0.2, 0) is 19.4 Å². The smallest absolute Gasteiger partial charge is 0.134 e. The van der Waals surface area contributed by atoms with E-state index >= 15 is 0 Å². The molecule has 0 atom stereocenters. The van der Waals surface area contributed by atoms with Crippen LogP contribution in [0.2, 0.25) is 0 Å². The van der Waals surface area contributed by atoms with E-state index in [0.717, 1.165) is 38.3 Å². The molecule has 0 saturated carbocycles. The molecule has 0 spiro atoms. The molecule has 84 valence electrons. The summed E-state index contributed by atoms with van der Waals surface area (Å²) in [5.41, 5.74) is 0. The van der Waals surface area contributed by atoms with E-state index in [2.05, 4.69) is 27.0 Å². The number of fused-ring (bicyclic) bond motifs is 1. The van der Waals surface area contributed by atoms with Gasteiger partial charge in [0.05, 0.1) is 0 Å². The van der Waals surface area contributed by atoms with Crippen LogP contribution < -0.4 is 5.32 Å². The first-order valence-electron chi connectivity index (χ1n) is 6.03. The van der Waals surface area contributed by atoms with Gasteiger partial charge in [0.2, 0.25) is 0 Å². The molecular formula is C11H20N4. The Kier molecular flexibility index (Phi) is 3.72. The minimum absolute atomic E-state index is 1.00. The Morgan fingerprint density at radius 2 is 2.20 bits per heavy atom. The minimum atomic E-state index is 1.00. The summed E-state index contributed by atoms with van der Waals surface area (Å²) in [6.07, 6.45) is 5.98. The molecule has 0 radical (unpaired) electrons. The Labute approximate surface area is 91.1 Å². The fraction of sp³-hybridized carbons (Fsp3) is 0.818. The average Bonchev–Trinajstić information content (AvgIpc) is 2.50. The Morgan fingerprint density at radius 1 is 1.27 bits per heavy atom. The van der Waals surface area contributed by atoms with Gasteiger partial charge in [0.25, 0.3) is 0 Å². The number of rotatable bonds is 4. The highest BCUT2D eigenvalue weighted by Crippen LogP contribution is 2.14. The van der Waals surface area contributed by atoms with E-state index in [1.54, 1.807) is 0 Å². The van der Waals surface area contributed by atoms with E-state index in [4.69, 9.17) is 0 Å². The summed E-state index contributed by atoms with van der Waals surface area (Å²) in [7, 11) is 0. The lowest BCUT2D eigenvalue weighted by Crippen LogP contribution is -2.18. The Balaban J connectivity index is 2.01. The largest absolute Gasteiger partial charge is 0.317 e. The van der Waals surface area contributed by atoms with E-state index in [1.165, 1.54) is 25.1 Å². The SMILES string of the molecule is CCNCCc1nnc2n1CCCCC2. The number of aromatic nitrogens is 3. The monoisotopic (exact) mass is 208 g/mol. The fourth-order valence-electron chi connectivity index (χ4n) is 2.11. The lowest BCUT2D eigenvalue weighted by atomic mass is 10.2. The van der Waals surface area contributed by atoms with Crippen molar-refractivity contribution in [1.82, 2.24) is 20.1 Å². The first-order chi connectivity index (χ1) is 7.42. The van der Waals surface area contributed by atoms with Crippen LogP contribution in [0.5, 0.6) is 0 Å². The zero-order chi connectivity index (χ0) is 10.5. The molecular weight excluding hydrogens is 188 g/mol. The van der Waals surface area contributed by atoms with Crippen molar-refractivity contribution in [2.75, 3.05) is 13.1 Å². The second-order valence-electron chi connectivity index (χ2n) is 4.10. The van der Waals surface area contributed by atoms with Gasteiger partial charge in [0.15, 0.2) is 0 Å². The second kappa shape index (κ2) is 5.26. The van der Waals surface area contributed by atoms with Gasteiger partial charge in [-0.1, -0.05) is 13.3 Å². The molecule has 0 saturated heterocycles. The molecule has 4 heteroatoms. The van der Waals surface area contributed by atoms with Crippen molar-refractivity contribution in [3.8, 4) is 0 Å². The molecule has 0 aromatic carbocycles. The maximum absolute atomic E-state index is 4.28. The summed E-state index contributed by atoms with van der Waals surface area (Å²) in [5.74, 6) is 2.35. The van der Waals surface area contributed by atoms with E-state index in [1.807, 2.05) is 0 Å². The topological polar surface area (TPSA) is 42.7 Å². The van der Waals surface area contributed by atoms with Crippen LogP contribution in [0.4, 0.5) is 0 Å². The Bertz CT molecular complexity index is 306. The average molecular weight is 208 g/mol. The third-order valence-corrected chi connectivity index (χ3v) is 2.96. The van der Waals surface area contributed by atoms with Gasteiger partial charge in [-0.3, -0.25) is 0 Å². The summed E-state index contributed by atoms with van der Waals surface area (Å²) in [6, 6.07) is 0. The fourth-order valence-corrected chi connectivity index (χ4v) is 2.11. The van der Waals surface area contributed by atoms with Crippen LogP contribution in [0.25, 0.3) is 0 Å². The van der Waals surface area contributed by atoms with Gasteiger partial charge in [0, 0.05) is 25.9 Å². The molecule has 0 bridgehead atoms. The number of nitrogens with one attached hydrogen (secondary N) is 1. The highest BCUT2D eigenvalue weighted by molar-refractivity contribution is 4.98. The van der Waals surface area contributed by atoms with Crippen molar-refractivity contribution in [2.45, 2.75) is 45.6 Å². The summed E-state index contributed by atoms with van der Waals surface area (Å²) < 4.78 is 2.32. The van der Waals surface area contributed by atoms with E-state index < -0.39 is 0 Å².